The molecule has 0 atom stereocenters. The van der Waals surface area contributed by atoms with Gasteiger partial charge in [0.05, 0.1) is 23.3 Å². The van der Waals surface area contributed by atoms with Gasteiger partial charge in [-0.2, -0.15) is 0 Å². The van der Waals surface area contributed by atoms with Gasteiger partial charge in [0.2, 0.25) is 5.55 Å². The van der Waals surface area contributed by atoms with Gasteiger partial charge in [0, 0.05) is 28.5 Å². The molecule has 0 unspecified atom stereocenters. The van der Waals surface area contributed by atoms with Crippen molar-refractivity contribution < 1.29 is 14.1 Å². The Morgan fingerprint density at radius 1 is 1.03 bits per heavy atom. The third kappa shape index (κ3) is 4.11. The molecule has 3 aromatic carbocycles. The number of hydrogen-bond donors (Lipinski definition) is 0. The van der Waals surface area contributed by atoms with Crippen molar-refractivity contribution in [1.29, 1.82) is 0 Å². The number of non-ortho nitro benzene ring substituents is 1. The minimum absolute atomic E-state index is 0.0119. The van der Waals surface area contributed by atoms with Crippen molar-refractivity contribution in [3.05, 3.63) is 99.9 Å². The Labute approximate surface area is 192 Å². The highest BCUT2D eigenvalue weighted by Gasteiger charge is 2.15. The number of rotatable bonds is 5. The predicted octanol–water partition coefficient (Wildman–Crippen LogP) is 6.37. The lowest BCUT2D eigenvalue weighted by Gasteiger charge is -2.05. The van der Waals surface area contributed by atoms with Crippen LogP contribution >= 0.6 is 11.3 Å². The highest BCUT2D eigenvalue weighted by molar-refractivity contribution is 7.13. The second kappa shape index (κ2) is 8.68. The highest BCUT2D eigenvalue weighted by Crippen LogP contribution is 2.31. The summed E-state index contributed by atoms with van der Waals surface area (Å²) >= 11 is 1.45. The summed E-state index contributed by atoms with van der Waals surface area (Å²) in [5.74, 6) is 0.603. The quantitative estimate of drug-likeness (QED) is 0.227. The SMILES string of the molecule is COc1ccccc1N=c1oc2ccc([N+](=O)[O-])cc2cc1-c1nc(-c2ccccc2)cs1. The summed E-state index contributed by atoms with van der Waals surface area (Å²) in [6.07, 6.45) is 0. The summed E-state index contributed by atoms with van der Waals surface area (Å²) < 4.78 is 11.6. The molecule has 33 heavy (non-hydrogen) atoms. The van der Waals surface area contributed by atoms with E-state index in [1.54, 1.807) is 13.2 Å². The van der Waals surface area contributed by atoms with Gasteiger partial charge in [-0.05, 0) is 24.3 Å². The lowest BCUT2D eigenvalue weighted by Crippen LogP contribution is -2.05. The van der Waals surface area contributed by atoms with Gasteiger partial charge in [-0.1, -0.05) is 42.5 Å². The van der Waals surface area contributed by atoms with E-state index in [4.69, 9.17) is 19.1 Å². The molecule has 0 aliphatic rings. The Kier molecular flexibility index (Phi) is 5.42. The van der Waals surface area contributed by atoms with Crippen LogP contribution in [0.3, 0.4) is 0 Å². The maximum Gasteiger partial charge on any atom is 0.270 e. The minimum Gasteiger partial charge on any atom is -0.494 e. The number of methoxy groups -OCH3 is 1. The van der Waals surface area contributed by atoms with Crippen molar-refractivity contribution in [2.75, 3.05) is 7.11 Å². The van der Waals surface area contributed by atoms with E-state index in [2.05, 4.69) is 0 Å². The maximum absolute atomic E-state index is 11.3. The van der Waals surface area contributed by atoms with Gasteiger partial charge >= 0.3 is 0 Å². The number of thiazole rings is 1. The first-order valence-electron chi connectivity index (χ1n) is 10.0. The molecule has 7 nitrogen and oxygen atoms in total. The van der Waals surface area contributed by atoms with Crippen molar-refractivity contribution in [3.63, 3.8) is 0 Å². The number of benzene rings is 3. The standard InChI is InChI=1S/C25H17N3O4S/c1-31-23-10-6-5-9-20(23)26-24-19(14-17-13-18(28(29)30)11-12-22(17)32-24)25-27-21(15-33-25)16-7-3-2-4-8-16/h2-15H,1H3. The summed E-state index contributed by atoms with van der Waals surface area (Å²) in [6, 6.07) is 23.5. The molecule has 5 aromatic rings. The van der Waals surface area contributed by atoms with Gasteiger partial charge in [-0.3, -0.25) is 10.1 Å². The van der Waals surface area contributed by atoms with E-state index in [1.807, 2.05) is 66.0 Å². The molecule has 0 aliphatic heterocycles. The molecule has 162 valence electrons. The summed E-state index contributed by atoms with van der Waals surface area (Å²) in [4.78, 5) is 20.4. The first-order valence-corrected chi connectivity index (χ1v) is 10.9. The van der Waals surface area contributed by atoms with E-state index in [-0.39, 0.29) is 5.69 Å². The number of nitrogens with zero attached hydrogens (tertiary/aromatic N) is 3. The largest absolute Gasteiger partial charge is 0.494 e. The molecular formula is C25H17N3O4S. The topological polar surface area (TPSA) is 90.8 Å². The average molecular weight is 455 g/mol. The van der Waals surface area contributed by atoms with Gasteiger partial charge in [0.25, 0.3) is 5.69 Å². The van der Waals surface area contributed by atoms with Gasteiger partial charge in [0.15, 0.2) is 0 Å². The Hall–Kier alpha value is -4.30. The Morgan fingerprint density at radius 3 is 2.61 bits per heavy atom. The number of para-hydroxylation sites is 2. The fourth-order valence-corrected chi connectivity index (χ4v) is 4.27. The minimum atomic E-state index is -0.427. The zero-order valence-corrected chi connectivity index (χ0v) is 18.3. The van der Waals surface area contributed by atoms with Crippen LogP contribution in [0.2, 0.25) is 0 Å². The van der Waals surface area contributed by atoms with Crippen LogP contribution in [0.4, 0.5) is 11.4 Å². The fourth-order valence-electron chi connectivity index (χ4n) is 3.44. The van der Waals surface area contributed by atoms with E-state index in [1.165, 1.54) is 23.5 Å². The van der Waals surface area contributed by atoms with Crippen LogP contribution in [-0.2, 0) is 0 Å². The normalized spacial score (nSPS) is 11.6. The van der Waals surface area contributed by atoms with Crippen LogP contribution in [0.25, 0.3) is 32.8 Å². The maximum atomic E-state index is 11.3. The molecule has 0 radical (unpaired) electrons. The molecule has 0 saturated carbocycles. The third-order valence-corrected chi connectivity index (χ3v) is 5.93. The molecule has 0 amide bonds. The summed E-state index contributed by atoms with van der Waals surface area (Å²) in [5.41, 5.74) is 3.89. The molecule has 5 rings (SSSR count). The highest BCUT2D eigenvalue weighted by atomic mass is 32.1. The van der Waals surface area contributed by atoms with Crippen molar-refractivity contribution in [2.45, 2.75) is 0 Å². The Bertz CT molecular complexity index is 1540. The number of ether oxygens (including phenoxy) is 1. The zero-order valence-electron chi connectivity index (χ0n) is 17.5. The average Bonchev–Trinajstić information content (AvgIpc) is 3.34. The lowest BCUT2D eigenvalue weighted by molar-refractivity contribution is -0.384. The third-order valence-electron chi connectivity index (χ3n) is 5.05. The molecule has 8 heteroatoms. The molecule has 0 fully saturated rings. The number of aromatic nitrogens is 1. The van der Waals surface area contributed by atoms with Crippen molar-refractivity contribution >= 4 is 33.7 Å². The van der Waals surface area contributed by atoms with Crippen LogP contribution in [-0.4, -0.2) is 17.0 Å². The molecule has 0 aliphatic carbocycles. The van der Waals surface area contributed by atoms with E-state index >= 15 is 0 Å². The van der Waals surface area contributed by atoms with Crippen LogP contribution in [0.1, 0.15) is 0 Å². The summed E-state index contributed by atoms with van der Waals surface area (Å²) in [7, 11) is 1.58. The molecule has 2 heterocycles. The van der Waals surface area contributed by atoms with E-state index < -0.39 is 4.92 Å². The monoisotopic (exact) mass is 455 g/mol. The summed E-state index contributed by atoms with van der Waals surface area (Å²) in [5, 5.41) is 14.5. The Balaban J connectivity index is 1.74. The van der Waals surface area contributed by atoms with Crippen LogP contribution in [0.15, 0.2) is 93.7 Å². The van der Waals surface area contributed by atoms with Crippen molar-refractivity contribution in [1.82, 2.24) is 4.98 Å². The van der Waals surface area contributed by atoms with E-state index in [0.29, 0.717) is 38.5 Å². The van der Waals surface area contributed by atoms with E-state index in [0.717, 1.165) is 11.3 Å². The molecular weight excluding hydrogens is 438 g/mol. The van der Waals surface area contributed by atoms with Crippen LogP contribution in [0, 0.1) is 10.1 Å². The molecule has 2 aromatic heterocycles. The van der Waals surface area contributed by atoms with Gasteiger partial charge in [0.1, 0.15) is 22.0 Å². The predicted molar refractivity (Wildman–Crippen MR) is 128 cm³/mol. The number of hydrogen-bond acceptors (Lipinski definition) is 7. The molecule has 0 N–H and O–H groups in total. The zero-order chi connectivity index (χ0) is 22.8. The van der Waals surface area contributed by atoms with Gasteiger partial charge in [-0.25, -0.2) is 9.98 Å². The Morgan fingerprint density at radius 2 is 1.82 bits per heavy atom. The van der Waals surface area contributed by atoms with Gasteiger partial charge < -0.3 is 9.15 Å². The van der Waals surface area contributed by atoms with Crippen molar-refractivity contribution in [3.8, 4) is 27.6 Å². The molecule has 0 saturated heterocycles. The number of nitro benzene ring substituents is 1. The smallest absolute Gasteiger partial charge is 0.270 e. The lowest BCUT2D eigenvalue weighted by atomic mass is 10.1. The van der Waals surface area contributed by atoms with Gasteiger partial charge in [-0.15, -0.1) is 11.3 Å². The number of nitro groups is 1. The molecule has 0 spiro atoms. The second-order valence-electron chi connectivity index (χ2n) is 7.13. The second-order valence-corrected chi connectivity index (χ2v) is 7.99. The first kappa shape index (κ1) is 20.6. The molecule has 0 bridgehead atoms. The van der Waals surface area contributed by atoms with Crippen LogP contribution in [0.5, 0.6) is 5.75 Å². The fraction of sp³-hybridized carbons (Fsp3) is 0.0400. The number of fused-ring (bicyclic) bond motifs is 1. The summed E-state index contributed by atoms with van der Waals surface area (Å²) in [6.45, 7) is 0. The van der Waals surface area contributed by atoms with E-state index in [9.17, 15) is 10.1 Å². The van der Waals surface area contributed by atoms with Crippen LogP contribution < -0.4 is 10.3 Å². The van der Waals surface area contributed by atoms with Crippen molar-refractivity contribution in [2.24, 2.45) is 4.99 Å². The first-order chi connectivity index (χ1) is 16.1.